The molecule has 1 fully saturated rings. The van der Waals surface area contributed by atoms with E-state index in [1.54, 1.807) is 0 Å². The number of rotatable bonds is 0. The molecule has 1 aliphatic heterocycles. The van der Waals surface area contributed by atoms with Crippen LogP contribution in [0.4, 0.5) is 0 Å². The summed E-state index contributed by atoms with van der Waals surface area (Å²) in [6.45, 7) is 0.638. The number of hydrogen-bond acceptors (Lipinski definition) is 2. The van der Waals surface area contributed by atoms with Gasteiger partial charge in [0.15, 0.2) is 0 Å². The van der Waals surface area contributed by atoms with Crippen molar-refractivity contribution >= 4 is 5.97 Å². The Hall–Kier alpha value is -0.530. The van der Waals surface area contributed by atoms with Crippen LogP contribution in [0.15, 0.2) is 0 Å². The summed E-state index contributed by atoms with van der Waals surface area (Å²) >= 11 is 0. The van der Waals surface area contributed by atoms with Gasteiger partial charge in [0.2, 0.25) is 0 Å². The van der Waals surface area contributed by atoms with Crippen molar-refractivity contribution in [3.8, 4) is 0 Å². The van der Waals surface area contributed by atoms with Gasteiger partial charge in [-0.3, -0.25) is 4.79 Å². The van der Waals surface area contributed by atoms with E-state index in [2.05, 4.69) is 0 Å². The van der Waals surface area contributed by atoms with E-state index >= 15 is 0 Å². The smallest absolute Gasteiger partial charge is 0.305 e. The van der Waals surface area contributed by atoms with Gasteiger partial charge in [0.05, 0.1) is 6.61 Å². The van der Waals surface area contributed by atoms with E-state index in [0.29, 0.717) is 13.0 Å². The molecule has 0 aromatic heterocycles. The molecule has 0 amide bonds. The van der Waals surface area contributed by atoms with Crippen molar-refractivity contribution in [3.63, 3.8) is 0 Å². The second kappa shape index (κ2) is 4.36. The third kappa shape index (κ3) is 3.12. The zero-order valence-corrected chi connectivity index (χ0v) is 4.85. The average molecular weight is 130 g/mol. The molecule has 0 aromatic carbocycles. The lowest BCUT2D eigenvalue weighted by Crippen LogP contribution is -2.00. The first-order chi connectivity index (χ1) is 3.89. The molecule has 1 aliphatic rings. The molecular weight excluding hydrogens is 116 g/mol. The van der Waals surface area contributed by atoms with E-state index in [1.807, 2.05) is 0 Å². The molecule has 54 valence electrons. The zero-order chi connectivity index (χ0) is 5.82. The molecule has 9 heavy (non-hydrogen) atoms. The lowest BCUT2D eigenvalue weighted by Gasteiger charge is -1.93. The maximum Gasteiger partial charge on any atom is 0.305 e. The highest BCUT2D eigenvalue weighted by Crippen LogP contribution is 2.06. The molecule has 1 saturated heterocycles. The van der Waals surface area contributed by atoms with Crippen molar-refractivity contribution in [2.24, 2.45) is 0 Å². The minimum atomic E-state index is -0.0255. The van der Waals surface area contributed by atoms with Gasteiger partial charge in [0, 0.05) is 6.42 Å². The van der Waals surface area contributed by atoms with Gasteiger partial charge in [-0.15, -0.1) is 0 Å². The highest BCUT2D eigenvalue weighted by atomic mass is 16.5. The Balaban J connectivity index is 0.000000640. The van der Waals surface area contributed by atoms with Crippen LogP contribution in [0.5, 0.6) is 0 Å². The van der Waals surface area contributed by atoms with Gasteiger partial charge in [-0.05, 0) is 19.3 Å². The molecule has 1 rings (SSSR count). The molecule has 0 atom stereocenters. The molecule has 0 aromatic rings. The fraction of sp³-hybridized carbons (Fsp3) is 0.857. The van der Waals surface area contributed by atoms with Gasteiger partial charge in [0.25, 0.3) is 0 Å². The van der Waals surface area contributed by atoms with Crippen molar-refractivity contribution in [1.29, 1.82) is 0 Å². The molecule has 0 spiro atoms. The number of esters is 1. The largest absolute Gasteiger partial charge is 0.466 e. The van der Waals surface area contributed by atoms with Crippen LogP contribution in [-0.4, -0.2) is 12.6 Å². The molecule has 0 N–H and O–H groups in total. The molecule has 1 heterocycles. The lowest BCUT2D eigenvalue weighted by molar-refractivity contribution is -0.142. The molecule has 2 nitrogen and oxygen atoms in total. The Morgan fingerprint density at radius 2 is 2.00 bits per heavy atom. The Kier molecular flexibility index (Phi) is 4.10. The number of ether oxygens (including phenoxy) is 1. The normalized spacial score (nSPS) is 19.3. The maximum atomic E-state index is 10.5. The van der Waals surface area contributed by atoms with Gasteiger partial charge in [-0.2, -0.15) is 0 Å². The summed E-state index contributed by atoms with van der Waals surface area (Å²) in [6, 6.07) is 0. The molecule has 0 saturated carbocycles. The number of cyclic esters (lactones) is 1. The summed E-state index contributed by atoms with van der Waals surface area (Å²) in [4.78, 5) is 10.5. The summed E-state index contributed by atoms with van der Waals surface area (Å²) in [5.74, 6) is -0.0255. The summed E-state index contributed by atoms with van der Waals surface area (Å²) in [7, 11) is 0. The Bertz CT molecular complexity index is 78.9. The fourth-order valence-corrected chi connectivity index (χ4v) is 0.806. The highest BCUT2D eigenvalue weighted by Gasteiger charge is 2.05. The maximum absolute atomic E-state index is 10.5. The molecular formula is C7H14O2. The van der Waals surface area contributed by atoms with Gasteiger partial charge in [-0.1, -0.05) is 7.43 Å². The standard InChI is InChI=1S/C6H10O2.CH4/c7-6-4-2-1-3-5-8-6;/h1-5H2;1H4. The van der Waals surface area contributed by atoms with Gasteiger partial charge in [-0.25, -0.2) is 0 Å². The van der Waals surface area contributed by atoms with Crippen LogP contribution in [0.2, 0.25) is 0 Å². The molecule has 0 aliphatic carbocycles. The first kappa shape index (κ1) is 8.47. The Morgan fingerprint density at radius 3 is 2.78 bits per heavy atom. The SMILES string of the molecule is C.O=C1CCCCCO1. The fourth-order valence-electron chi connectivity index (χ4n) is 0.806. The minimum absolute atomic E-state index is 0. The van der Waals surface area contributed by atoms with E-state index in [0.717, 1.165) is 19.3 Å². The van der Waals surface area contributed by atoms with E-state index in [1.165, 1.54) is 0 Å². The number of carbonyl (C=O) groups excluding carboxylic acids is 1. The molecule has 0 bridgehead atoms. The summed E-state index contributed by atoms with van der Waals surface area (Å²) in [5, 5.41) is 0. The molecule has 2 heteroatoms. The van der Waals surface area contributed by atoms with E-state index < -0.39 is 0 Å². The van der Waals surface area contributed by atoms with Gasteiger partial charge >= 0.3 is 5.97 Å². The van der Waals surface area contributed by atoms with E-state index in [9.17, 15) is 4.79 Å². The molecule has 0 unspecified atom stereocenters. The average Bonchev–Trinajstić information content (AvgIpc) is 1.94. The predicted octanol–water partition coefficient (Wildman–Crippen LogP) is 1.74. The Labute approximate surface area is 56.2 Å². The topological polar surface area (TPSA) is 26.3 Å². The minimum Gasteiger partial charge on any atom is -0.466 e. The van der Waals surface area contributed by atoms with Crippen molar-refractivity contribution < 1.29 is 9.53 Å². The van der Waals surface area contributed by atoms with Crippen LogP contribution in [0.3, 0.4) is 0 Å². The summed E-state index contributed by atoms with van der Waals surface area (Å²) in [6.07, 6.45) is 3.83. The van der Waals surface area contributed by atoms with Crippen LogP contribution in [-0.2, 0) is 9.53 Å². The first-order valence-electron chi connectivity index (χ1n) is 3.05. The number of hydrogen-bond donors (Lipinski definition) is 0. The van der Waals surface area contributed by atoms with Crippen LogP contribution in [0, 0.1) is 0 Å². The predicted molar refractivity (Wildman–Crippen MR) is 36.2 cm³/mol. The second-order valence-electron chi connectivity index (χ2n) is 2.03. The van der Waals surface area contributed by atoms with Crippen molar-refractivity contribution in [2.45, 2.75) is 33.1 Å². The Morgan fingerprint density at radius 1 is 1.22 bits per heavy atom. The monoisotopic (exact) mass is 130 g/mol. The van der Waals surface area contributed by atoms with Crippen molar-refractivity contribution in [1.82, 2.24) is 0 Å². The quantitative estimate of drug-likeness (QED) is 0.467. The lowest BCUT2D eigenvalue weighted by atomic mass is 10.2. The third-order valence-electron chi connectivity index (χ3n) is 1.29. The van der Waals surface area contributed by atoms with E-state index in [4.69, 9.17) is 4.74 Å². The first-order valence-corrected chi connectivity index (χ1v) is 3.05. The van der Waals surface area contributed by atoms with Crippen LogP contribution in [0.1, 0.15) is 33.1 Å². The molecule has 0 radical (unpaired) electrons. The summed E-state index contributed by atoms with van der Waals surface area (Å²) < 4.78 is 4.76. The highest BCUT2D eigenvalue weighted by molar-refractivity contribution is 5.69. The van der Waals surface area contributed by atoms with Crippen LogP contribution in [0.25, 0.3) is 0 Å². The third-order valence-corrected chi connectivity index (χ3v) is 1.29. The van der Waals surface area contributed by atoms with Crippen molar-refractivity contribution in [2.75, 3.05) is 6.61 Å². The van der Waals surface area contributed by atoms with Gasteiger partial charge in [0.1, 0.15) is 0 Å². The van der Waals surface area contributed by atoms with Crippen LogP contribution >= 0.6 is 0 Å². The number of carbonyl (C=O) groups is 1. The summed E-state index contributed by atoms with van der Waals surface area (Å²) in [5.41, 5.74) is 0. The van der Waals surface area contributed by atoms with E-state index in [-0.39, 0.29) is 13.4 Å². The van der Waals surface area contributed by atoms with Crippen molar-refractivity contribution in [3.05, 3.63) is 0 Å². The zero-order valence-electron chi connectivity index (χ0n) is 4.85. The van der Waals surface area contributed by atoms with Crippen LogP contribution < -0.4 is 0 Å². The van der Waals surface area contributed by atoms with Gasteiger partial charge < -0.3 is 4.74 Å². The second-order valence-corrected chi connectivity index (χ2v) is 2.03.